The lowest BCUT2D eigenvalue weighted by molar-refractivity contribution is 0.0999. The number of rotatable bonds is 4. The zero-order valence-corrected chi connectivity index (χ0v) is 15.8. The Morgan fingerprint density at radius 3 is 2.81 bits per heavy atom. The minimum Gasteiger partial charge on any atom is -0.481 e. The maximum absolute atomic E-state index is 12.6. The molecule has 0 saturated heterocycles. The molecule has 0 unspecified atom stereocenters. The number of pyridine rings is 1. The summed E-state index contributed by atoms with van der Waals surface area (Å²) in [7, 11) is 1.57. The van der Waals surface area contributed by atoms with Crippen molar-refractivity contribution in [1.29, 1.82) is 0 Å². The summed E-state index contributed by atoms with van der Waals surface area (Å²) >= 11 is 0. The van der Waals surface area contributed by atoms with Crippen LogP contribution in [0.5, 0.6) is 5.88 Å². The average molecular weight is 368 g/mol. The molecule has 0 radical (unpaired) electrons. The van der Waals surface area contributed by atoms with Gasteiger partial charge >= 0.3 is 6.03 Å². The summed E-state index contributed by atoms with van der Waals surface area (Å²) in [6, 6.07) is 7.26. The maximum Gasteiger partial charge on any atom is 0.317 e. The van der Waals surface area contributed by atoms with Crippen molar-refractivity contribution in [2.24, 2.45) is 5.73 Å². The predicted molar refractivity (Wildman–Crippen MR) is 102 cm³/mol. The maximum atomic E-state index is 12.6. The molecule has 0 bridgehead atoms. The number of primary amides is 1. The Labute approximate surface area is 158 Å². The van der Waals surface area contributed by atoms with E-state index in [0.29, 0.717) is 37.5 Å². The zero-order valence-electron chi connectivity index (χ0n) is 15.8. The normalized spacial score (nSPS) is 13.1. The number of amides is 3. The highest BCUT2D eigenvalue weighted by Gasteiger charge is 2.24. The molecule has 3 amide bonds. The molecule has 1 aromatic carbocycles. The number of benzene rings is 1. The molecule has 27 heavy (non-hydrogen) atoms. The number of urea groups is 1. The second kappa shape index (κ2) is 7.65. The van der Waals surface area contributed by atoms with Gasteiger partial charge < -0.3 is 20.7 Å². The molecule has 1 aromatic heterocycles. The van der Waals surface area contributed by atoms with Crippen molar-refractivity contribution in [3.05, 3.63) is 57.8 Å². The third-order valence-corrected chi connectivity index (χ3v) is 4.87. The van der Waals surface area contributed by atoms with Gasteiger partial charge in [-0.3, -0.25) is 4.79 Å². The molecule has 0 atom stereocenters. The van der Waals surface area contributed by atoms with Gasteiger partial charge in [0.2, 0.25) is 11.8 Å². The average Bonchev–Trinajstić information content (AvgIpc) is 2.65. The summed E-state index contributed by atoms with van der Waals surface area (Å²) in [6.45, 7) is 5.20. The van der Waals surface area contributed by atoms with Gasteiger partial charge in [-0.25, -0.2) is 9.78 Å². The molecule has 1 aliphatic rings. The molecular weight excluding hydrogens is 344 g/mol. The summed E-state index contributed by atoms with van der Waals surface area (Å²) in [5.41, 5.74) is 10.6. The number of fused-ring (bicyclic) bond motifs is 1. The van der Waals surface area contributed by atoms with Crippen molar-refractivity contribution < 1.29 is 14.3 Å². The van der Waals surface area contributed by atoms with E-state index in [9.17, 15) is 9.59 Å². The van der Waals surface area contributed by atoms with Crippen LogP contribution >= 0.6 is 0 Å². The lowest BCUT2D eigenvalue weighted by Gasteiger charge is -2.30. The quantitative estimate of drug-likeness (QED) is 0.863. The zero-order chi connectivity index (χ0) is 19.6. The fraction of sp³-hybridized carbons (Fsp3) is 0.350. The van der Waals surface area contributed by atoms with E-state index in [0.717, 1.165) is 27.9 Å². The van der Waals surface area contributed by atoms with E-state index in [1.54, 1.807) is 24.1 Å². The number of nitrogens with zero attached hydrogens (tertiary/aromatic N) is 2. The summed E-state index contributed by atoms with van der Waals surface area (Å²) in [5.74, 6) is 0.0992. The van der Waals surface area contributed by atoms with Crippen LogP contribution in [0.2, 0.25) is 0 Å². The molecule has 0 saturated carbocycles. The van der Waals surface area contributed by atoms with Crippen molar-refractivity contribution in [3.63, 3.8) is 0 Å². The fourth-order valence-electron chi connectivity index (χ4n) is 3.50. The first-order valence-electron chi connectivity index (χ1n) is 8.85. The first kappa shape index (κ1) is 18.7. The van der Waals surface area contributed by atoms with E-state index in [4.69, 9.17) is 10.5 Å². The number of ether oxygens (including phenoxy) is 1. The largest absolute Gasteiger partial charge is 0.481 e. The third kappa shape index (κ3) is 3.86. The number of methoxy groups -OCH3 is 1. The highest BCUT2D eigenvalue weighted by atomic mass is 16.5. The second-order valence-electron chi connectivity index (χ2n) is 6.71. The second-order valence-corrected chi connectivity index (χ2v) is 6.71. The van der Waals surface area contributed by atoms with Gasteiger partial charge in [0.15, 0.2) is 0 Å². The van der Waals surface area contributed by atoms with Crippen LogP contribution in [-0.2, 0) is 19.5 Å². The standard InChI is InChI=1S/C20H24N4O3/c1-12-9-13(2)23-19(27-3)17(12)10-22-20(26)24-8-7-15-14(11-24)5-4-6-16(15)18(21)25/h4-6,9H,7-8,10-11H2,1-3H3,(H2,21,25)(H,22,26). The molecule has 2 aromatic rings. The van der Waals surface area contributed by atoms with Crippen LogP contribution in [0.25, 0.3) is 0 Å². The number of hydrogen-bond acceptors (Lipinski definition) is 4. The van der Waals surface area contributed by atoms with Gasteiger partial charge in [-0.15, -0.1) is 0 Å². The van der Waals surface area contributed by atoms with E-state index in [-0.39, 0.29) is 6.03 Å². The van der Waals surface area contributed by atoms with E-state index in [2.05, 4.69) is 10.3 Å². The topological polar surface area (TPSA) is 97.6 Å². The van der Waals surface area contributed by atoms with Crippen LogP contribution in [0.15, 0.2) is 24.3 Å². The van der Waals surface area contributed by atoms with Crippen LogP contribution in [0.4, 0.5) is 4.79 Å². The SMILES string of the molecule is COc1nc(C)cc(C)c1CNC(=O)N1CCc2c(cccc2C(N)=O)C1. The Kier molecular flexibility index (Phi) is 5.30. The fourth-order valence-corrected chi connectivity index (χ4v) is 3.50. The van der Waals surface area contributed by atoms with Crippen molar-refractivity contribution in [1.82, 2.24) is 15.2 Å². The van der Waals surface area contributed by atoms with Crippen molar-refractivity contribution >= 4 is 11.9 Å². The molecular formula is C20H24N4O3. The number of carbonyl (C=O) groups excluding carboxylic acids is 2. The number of aryl methyl sites for hydroxylation is 2. The van der Waals surface area contributed by atoms with Gasteiger partial charge in [-0.1, -0.05) is 12.1 Å². The Balaban J connectivity index is 1.70. The molecule has 0 aliphatic carbocycles. The van der Waals surface area contributed by atoms with Crippen LogP contribution in [0.1, 0.15) is 38.3 Å². The number of hydrogen-bond donors (Lipinski definition) is 2. The molecule has 3 rings (SSSR count). The molecule has 2 heterocycles. The predicted octanol–water partition coefficient (Wildman–Crippen LogP) is 2.07. The number of nitrogens with one attached hydrogen (secondary N) is 1. The van der Waals surface area contributed by atoms with Gasteiger partial charge in [0.05, 0.1) is 13.7 Å². The van der Waals surface area contributed by atoms with Crippen molar-refractivity contribution in [2.75, 3.05) is 13.7 Å². The first-order valence-corrected chi connectivity index (χ1v) is 8.85. The van der Waals surface area contributed by atoms with Crippen LogP contribution < -0.4 is 15.8 Å². The summed E-state index contributed by atoms with van der Waals surface area (Å²) in [5, 5.41) is 2.95. The highest BCUT2D eigenvalue weighted by Crippen LogP contribution is 2.23. The third-order valence-electron chi connectivity index (χ3n) is 4.87. The molecule has 0 spiro atoms. The Bertz CT molecular complexity index is 895. The van der Waals surface area contributed by atoms with Crippen LogP contribution in [0.3, 0.4) is 0 Å². The Hall–Kier alpha value is -3.09. The van der Waals surface area contributed by atoms with Gasteiger partial charge in [0.1, 0.15) is 0 Å². The first-order chi connectivity index (χ1) is 12.9. The van der Waals surface area contributed by atoms with E-state index < -0.39 is 5.91 Å². The minimum absolute atomic E-state index is 0.160. The molecule has 7 nitrogen and oxygen atoms in total. The van der Waals surface area contributed by atoms with Gasteiger partial charge in [-0.2, -0.15) is 0 Å². The molecule has 142 valence electrons. The van der Waals surface area contributed by atoms with E-state index in [1.165, 1.54) is 0 Å². The minimum atomic E-state index is -0.431. The molecule has 3 N–H and O–H groups in total. The summed E-state index contributed by atoms with van der Waals surface area (Å²) < 4.78 is 5.35. The highest BCUT2D eigenvalue weighted by molar-refractivity contribution is 5.94. The Morgan fingerprint density at radius 1 is 1.33 bits per heavy atom. The van der Waals surface area contributed by atoms with Gasteiger partial charge in [0, 0.05) is 29.9 Å². The van der Waals surface area contributed by atoms with Crippen LogP contribution in [0, 0.1) is 13.8 Å². The van der Waals surface area contributed by atoms with E-state index in [1.807, 2.05) is 26.0 Å². The number of nitrogens with two attached hydrogens (primary N) is 1. The summed E-state index contributed by atoms with van der Waals surface area (Å²) in [4.78, 5) is 30.3. The van der Waals surface area contributed by atoms with Crippen molar-refractivity contribution in [3.8, 4) is 5.88 Å². The Morgan fingerprint density at radius 2 is 2.11 bits per heavy atom. The lowest BCUT2D eigenvalue weighted by Crippen LogP contribution is -2.43. The molecule has 7 heteroatoms. The van der Waals surface area contributed by atoms with Crippen LogP contribution in [-0.4, -0.2) is 35.5 Å². The van der Waals surface area contributed by atoms with Gasteiger partial charge in [0.25, 0.3) is 0 Å². The lowest BCUT2D eigenvalue weighted by atomic mass is 9.94. The van der Waals surface area contributed by atoms with E-state index >= 15 is 0 Å². The van der Waals surface area contributed by atoms with Crippen molar-refractivity contribution in [2.45, 2.75) is 33.4 Å². The molecule has 0 fully saturated rings. The van der Waals surface area contributed by atoms with Gasteiger partial charge in [-0.05, 0) is 49.1 Å². The summed E-state index contributed by atoms with van der Waals surface area (Å²) in [6.07, 6.45) is 0.607. The number of carbonyl (C=O) groups is 2. The monoisotopic (exact) mass is 368 g/mol. The smallest absolute Gasteiger partial charge is 0.317 e. The number of aromatic nitrogens is 1. The molecule has 1 aliphatic heterocycles.